The van der Waals surface area contributed by atoms with E-state index in [1.807, 2.05) is 6.92 Å². The third-order valence-corrected chi connectivity index (χ3v) is 4.00. The number of nitrogens with one attached hydrogen (secondary N) is 2. The maximum Gasteiger partial charge on any atom is 0.273 e. The summed E-state index contributed by atoms with van der Waals surface area (Å²) in [5, 5.41) is 6.95. The fraction of sp³-hybridized carbons (Fsp3) is 0.278. The number of nitrogens with zero attached hydrogens (tertiary/aromatic N) is 2. The van der Waals surface area contributed by atoms with Crippen molar-refractivity contribution in [2.24, 2.45) is 0 Å². The molecule has 9 heteroatoms. The van der Waals surface area contributed by atoms with Crippen LogP contribution in [-0.2, 0) is 13.0 Å². The zero-order valence-electron chi connectivity index (χ0n) is 14.9. The predicted octanol–water partition coefficient (Wildman–Crippen LogP) is 2.92. The molecule has 0 saturated carbocycles. The molecule has 0 bridgehead atoms. The van der Waals surface area contributed by atoms with Gasteiger partial charge >= 0.3 is 0 Å². The zero-order chi connectivity index (χ0) is 19.2. The molecule has 0 aliphatic carbocycles. The highest BCUT2D eigenvalue weighted by atomic mass is 35.5. The first-order valence-corrected chi connectivity index (χ1v) is 8.63. The lowest BCUT2D eigenvalue weighted by Gasteiger charge is -2.07. The molecule has 3 rings (SSSR count). The normalized spacial score (nSPS) is 10.6. The summed E-state index contributed by atoms with van der Waals surface area (Å²) in [6.45, 7) is 2.46. The van der Waals surface area contributed by atoms with Gasteiger partial charge in [0.1, 0.15) is 23.9 Å². The SMILES string of the molecule is COc1ccc(OCc2cc(C(=O)NCCc3ncc(C)[nH]3)no2)c(Cl)c1. The summed E-state index contributed by atoms with van der Waals surface area (Å²) >= 11 is 6.12. The minimum absolute atomic E-state index is 0.0952. The van der Waals surface area contributed by atoms with Gasteiger partial charge in [0.25, 0.3) is 5.91 Å². The number of aromatic nitrogens is 3. The number of imidazole rings is 1. The number of methoxy groups -OCH3 is 1. The van der Waals surface area contributed by atoms with Crippen LogP contribution in [0, 0.1) is 6.92 Å². The van der Waals surface area contributed by atoms with Crippen LogP contribution in [-0.4, -0.2) is 34.7 Å². The van der Waals surface area contributed by atoms with Gasteiger partial charge < -0.3 is 24.3 Å². The number of hydrogen-bond acceptors (Lipinski definition) is 6. The van der Waals surface area contributed by atoms with Gasteiger partial charge in [0.05, 0.1) is 12.1 Å². The van der Waals surface area contributed by atoms with Crippen LogP contribution < -0.4 is 14.8 Å². The van der Waals surface area contributed by atoms with Gasteiger partial charge in [0.15, 0.2) is 11.5 Å². The van der Waals surface area contributed by atoms with Crippen LogP contribution in [0.3, 0.4) is 0 Å². The second kappa shape index (κ2) is 8.59. The van der Waals surface area contributed by atoms with E-state index in [9.17, 15) is 4.79 Å². The van der Waals surface area contributed by atoms with Gasteiger partial charge in [-0.2, -0.15) is 0 Å². The largest absolute Gasteiger partial charge is 0.497 e. The fourth-order valence-corrected chi connectivity index (χ4v) is 2.57. The van der Waals surface area contributed by atoms with E-state index in [1.165, 1.54) is 6.07 Å². The first-order chi connectivity index (χ1) is 13.0. The highest BCUT2D eigenvalue weighted by Gasteiger charge is 2.13. The van der Waals surface area contributed by atoms with Gasteiger partial charge in [-0.15, -0.1) is 0 Å². The summed E-state index contributed by atoms with van der Waals surface area (Å²) in [6, 6.07) is 6.61. The number of aromatic amines is 1. The molecule has 2 heterocycles. The summed E-state index contributed by atoms with van der Waals surface area (Å²) in [6.07, 6.45) is 2.35. The van der Waals surface area contributed by atoms with E-state index >= 15 is 0 Å². The molecule has 8 nitrogen and oxygen atoms in total. The van der Waals surface area contributed by atoms with Crippen molar-refractivity contribution in [2.75, 3.05) is 13.7 Å². The first-order valence-electron chi connectivity index (χ1n) is 8.26. The molecule has 0 saturated heterocycles. The molecule has 27 heavy (non-hydrogen) atoms. The minimum Gasteiger partial charge on any atom is -0.497 e. The van der Waals surface area contributed by atoms with Crippen molar-refractivity contribution in [2.45, 2.75) is 20.0 Å². The smallest absolute Gasteiger partial charge is 0.273 e. The van der Waals surface area contributed by atoms with Crippen LogP contribution in [0.15, 0.2) is 35.0 Å². The quantitative estimate of drug-likeness (QED) is 0.613. The molecule has 0 aliphatic rings. The Morgan fingerprint density at radius 2 is 2.22 bits per heavy atom. The Balaban J connectivity index is 1.49. The lowest BCUT2D eigenvalue weighted by molar-refractivity contribution is 0.0944. The molecule has 0 radical (unpaired) electrons. The third kappa shape index (κ3) is 5.01. The number of aryl methyl sites for hydroxylation is 1. The Morgan fingerprint density at radius 1 is 1.37 bits per heavy atom. The number of carbonyl (C=O) groups is 1. The maximum absolute atomic E-state index is 12.1. The van der Waals surface area contributed by atoms with Crippen molar-refractivity contribution in [3.8, 4) is 11.5 Å². The van der Waals surface area contributed by atoms with E-state index in [1.54, 1.807) is 31.5 Å². The van der Waals surface area contributed by atoms with Crippen molar-refractivity contribution in [3.63, 3.8) is 0 Å². The number of carbonyl (C=O) groups excluding carboxylic acids is 1. The number of amides is 1. The number of rotatable bonds is 8. The van der Waals surface area contributed by atoms with E-state index in [-0.39, 0.29) is 18.2 Å². The van der Waals surface area contributed by atoms with Crippen LogP contribution in [0.2, 0.25) is 5.02 Å². The Morgan fingerprint density at radius 3 is 2.93 bits per heavy atom. The monoisotopic (exact) mass is 390 g/mol. The third-order valence-electron chi connectivity index (χ3n) is 3.70. The molecule has 0 spiro atoms. The van der Waals surface area contributed by atoms with Crippen LogP contribution in [0.25, 0.3) is 0 Å². The van der Waals surface area contributed by atoms with Crippen molar-refractivity contribution in [1.29, 1.82) is 0 Å². The Bertz CT molecular complexity index is 922. The molecular weight excluding hydrogens is 372 g/mol. The molecule has 0 atom stereocenters. The Labute approximate surface area is 160 Å². The Kier molecular flexibility index (Phi) is 5.97. The molecule has 142 valence electrons. The number of H-pyrrole nitrogens is 1. The molecule has 2 N–H and O–H groups in total. The number of halogens is 1. The molecule has 0 fully saturated rings. The molecule has 0 aliphatic heterocycles. The summed E-state index contributed by atoms with van der Waals surface area (Å²) in [5.41, 5.74) is 1.17. The summed E-state index contributed by atoms with van der Waals surface area (Å²) in [4.78, 5) is 19.4. The van der Waals surface area contributed by atoms with Crippen LogP contribution in [0.1, 0.15) is 27.8 Å². The standard InChI is InChI=1S/C18H19ClN4O4/c1-11-9-21-17(22-11)5-6-20-18(24)15-8-13(27-23-15)10-26-16-4-3-12(25-2)7-14(16)19/h3-4,7-9H,5-6,10H2,1-2H3,(H,20,24)(H,21,22). The highest BCUT2D eigenvalue weighted by Crippen LogP contribution is 2.29. The second-order valence-corrected chi connectivity index (χ2v) is 6.19. The minimum atomic E-state index is -0.323. The lowest BCUT2D eigenvalue weighted by atomic mass is 10.3. The molecule has 1 aromatic carbocycles. The summed E-state index contributed by atoms with van der Waals surface area (Å²) in [5.74, 6) is 2.02. The van der Waals surface area contributed by atoms with Gasteiger partial charge in [-0.05, 0) is 19.1 Å². The average Bonchev–Trinajstić information content (AvgIpc) is 3.29. The number of benzene rings is 1. The summed E-state index contributed by atoms with van der Waals surface area (Å²) < 4.78 is 15.8. The predicted molar refractivity (Wildman–Crippen MR) is 98.2 cm³/mol. The highest BCUT2D eigenvalue weighted by molar-refractivity contribution is 6.32. The topological polar surface area (TPSA) is 102 Å². The maximum atomic E-state index is 12.1. The first kappa shape index (κ1) is 18.8. The molecule has 2 aromatic heterocycles. The van der Waals surface area contributed by atoms with Crippen LogP contribution >= 0.6 is 11.6 Å². The zero-order valence-corrected chi connectivity index (χ0v) is 15.7. The Hall–Kier alpha value is -3.00. The van der Waals surface area contributed by atoms with Crippen molar-refractivity contribution in [1.82, 2.24) is 20.4 Å². The van der Waals surface area contributed by atoms with Gasteiger partial charge in [0, 0.05) is 37.0 Å². The van der Waals surface area contributed by atoms with Crippen LogP contribution in [0.4, 0.5) is 0 Å². The van der Waals surface area contributed by atoms with E-state index < -0.39 is 0 Å². The second-order valence-electron chi connectivity index (χ2n) is 5.78. The van der Waals surface area contributed by atoms with Crippen molar-refractivity contribution in [3.05, 3.63) is 58.5 Å². The number of hydrogen-bond donors (Lipinski definition) is 2. The van der Waals surface area contributed by atoms with E-state index in [2.05, 4.69) is 20.4 Å². The fourth-order valence-electron chi connectivity index (χ4n) is 2.34. The van der Waals surface area contributed by atoms with Gasteiger partial charge in [-0.1, -0.05) is 16.8 Å². The van der Waals surface area contributed by atoms with Gasteiger partial charge in [-0.3, -0.25) is 4.79 Å². The number of ether oxygens (including phenoxy) is 2. The molecule has 0 unspecified atom stereocenters. The molecule has 3 aromatic rings. The average molecular weight is 391 g/mol. The van der Waals surface area contributed by atoms with Crippen LogP contribution in [0.5, 0.6) is 11.5 Å². The van der Waals surface area contributed by atoms with Crippen molar-refractivity contribution >= 4 is 17.5 Å². The molecular formula is C18H19ClN4O4. The lowest BCUT2D eigenvalue weighted by Crippen LogP contribution is -2.26. The van der Waals surface area contributed by atoms with E-state index in [0.29, 0.717) is 35.2 Å². The van der Waals surface area contributed by atoms with Crippen molar-refractivity contribution < 1.29 is 18.8 Å². The summed E-state index contributed by atoms with van der Waals surface area (Å²) in [7, 11) is 1.56. The molecule has 1 amide bonds. The van der Waals surface area contributed by atoms with E-state index in [4.69, 9.17) is 25.6 Å². The van der Waals surface area contributed by atoms with E-state index in [0.717, 1.165) is 11.5 Å². The van der Waals surface area contributed by atoms with Gasteiger partial charge in [-0.25, -0.2) is 4.98 Å². The van der Waals surface area contributed by atoms with Gasteiger partial charge in [0.2, 0.25) is 0 Å².